The quantitative estimate of drug-likeness (QED) is 0.579. The number of benzene rings is 2. The molecule has 0 radical (unpaired) electrons. The zero-order valence-corrected chi connectivity index (χ0v) is 13.5. The molecule has 4 heteroatoms. The van der Waals surface area contributed by atoms with Crippen LogP contribution in [0.2, 0.25) is 0 Å². The number of ether oxygens (including phenoxy) is 2. The number of aldehydes is 1. The number of rotatable bonds is 5. The minimum Gasteiger partial charge on any atom is -0.493 e. The summed E-state index contributed by atoms with van der Waals surface area (Å²) in [5.41, 5.74) is 2.57. The number of hydrogen-bond donors (Lipinski definition) is 0. The lowest BCUT2D eigenvalue weighted by molar-refractivity contribution is 0.112. The van der Waals surface area contributed by atoms with Crippen LogP contribution in [0.15, 0.2) is 36.4 Å². The van der Waals surface area contributed by atoms with Crippen LogP contribution in [-0.2, 0) is 6.61 Å². The maximum absolute atomic E-state index is 11.1. The van der Waals surface area contributed by atoms with Gasteiger partial charge in [0, 0.05) is 5.56 Å². The zero-order valence-electron chi connectivity index (χ0n) is 11.4. The topological polar surface area (TPSA) is 35.5 Å². The van der Waals surface area contributed by atoms with E-state index in [9.17, 15) is 4.79 Å². The van der Waals surface area contributed by atoms with Crippen molar-refractivity contribution in [2.24, 2.45) is 0 Å². The van der Waals surface area contributed by atoms with Crippen molar-refractivity contribution in [1.82, 2.24) is 0 Å². The summed E-state index contributed by atoms with van der Waals surface area (Å²) in [4.78, 5) is 11.1. The Bertz CT molecular complexity index is 609. The molecule has 0 aliphatic heterocycles. The molecule has 104 valence electrons. The largest absolute Gasteiger partial charge is 0.493 e. The van der Waals surface area contributed by atoms with E-state index in [-0.39, 0.29) is 0 Å². The summed E-state index contributed by atoms with van der Waals surface area (Å²) >= 11 is 2.11. The Labute approximate surface area is 132 Å². The first kappa shape index (κ1) is 14.8. The van der Waals surface area contributed by atoms with Crippen molar-refractivity contribution in [1.29, 1.82) is 0 Å². The van der Waals surface area contributed by atoms with Gasteiger partial charge in [0.2, 0.25) is 0 Å². The summed E-state index contributed by atoms with van der Waals surface area (Å²) in [6, 6.07) is 11.7. The van der Waals surface area contributed by atoms with Gasteiger partial charge < -0.3 is 9.47 Å². The number of aryl methyl sites for hydroxylation is 1. The Morgan fingerprint density at radius 2 is 1.90 bits per heavy atom. The van der Waals surface area contributed by atoms with Crippen molar-refractivity contribution in [3.05, 3.63) is 56.7 Å². The lowest BCUT2D eigenvalue weighted by Crippen LogP contribution is -2.03. The Hall–Kier alpha value is -1.56. The molecule has 0 N–H and O–H groups in total. The molecule has 0 spiro atoms. The van der Waals surface area contributed by atoms with Gasteiger partial charge >= 0.3 is 0 Å². The van der Waals surface area contributed by atoms with Crippen LogP contribution in [0.25, 0.3) is 0 Å². The summed E-state index contributed by atoms with van der Waals surface area (Å²) in [6.45, 7) is 2.34. The van der Waals surface area contributed by atoms with Crippen molar-refractivity contribution in [3.63, 3.8) is 0 Å². The van der Waals surface area contributed by atoms with Gasteiger partial charge in [0.05, 0.1) is 10.7 Å². The van der Waals surface area contributed by atoms with Crippen LogP contribution in [0.1, 0.15) is 21.5 Å². The normalized spacial score (nSPS) is 10.2. The van der Waals surface area contributed by atoms with Crippen molar-refractivity contribution >= 4 is 28.9 Å². The zero-order chi connectivity index (χ0) is 14.5. The second-order valence-electron chi connectivity index (χ2n) is 4.35. The highest BCUT2D eigenvalue weighted by Crippen LogP contribution is 2.37. The van der Waals surface area contributed by atoms with Crippen molar-refractivity contribution in [3.8, 4) is 11.5 Å². The van der Waals surface area contributed by atoms with Gasteiger partial charge in [0.25, 0.3) is 0 Å². The van der Waals surface area contributed by atoms with Gasteiger partial charge in [-0.15, -0.1) is 0 Å². The monoisotopic (exact) mass is 382 g/mol. The van der Waals surface area contributed by atoms with E-state index in [1.54, 1.807) is 7.11 Å². The minimum atomic E-state index is 0.439. The van der Waals surface area contributed by atoms with Crippen LogP contribution in [-0.4, -0.2) is 13.4 Å². The smallest absolute Gasteiger partial charge is 0.175 e. The van der Waals surface area contributed by atoms with E-state index in [1.165, 1.54) is 0 Å². The lowest BCUT2D eigenvalue weighted by atomic mass is 10.1. The molecule has 0 aliphatic carbocycles. The van der Waals surface area contributed by atoms with Crippen LogP contribution < -0.4 is 9.47 Å². The Kier molecular flexibility index (Phi) is 5.00. The van der Waals surface area contributed by atoms with E-state index >= 15 is 0 Å². The second-order valence-corrected chi connectivity index (χ2v) is 5.43. The highest BCUT2D eigenvalue weighted by atomic mass is 127. The summed E-state index contributed by atoms with van der Waals surface area (Å²) < 4.78 is 12.1. The van der Waals surface area contributed by atoms with Crippen LogP contribution in [0.4, 0.5) is 0 Å². The van der Waals surface area contributed by atoms with Crippen LogP contribution in [0.5, 0.6) is 11.5 Å². The molecule has 0 aromatic heterocycles. The third-order valence-corrected chi connectivity index (χ3v) is 4.06. The maximum Gasteiger partial charge on any atom is 0.175 e. The van der Waals surface area contributed by atoms with Crippen LogP contribution in [0.3, 0.4) is 0 Å². The summed E-state index contributed by atoms with van der Waals surface area (Å²) in [5.74, 6) is 1.30. The average Bonchev–Trinajstić information content (AvgIpc) is 2.48. The van der Waals surface area contributed by atoms with E-state index < -0.39 is 0 Å². The maximum atomic E-state index is 11.1. The molecule has 0 amide bonds. The molecule has 0 saturated heterocycles. The second kappa shape index (κ2) is 6.74. The molecule has 0 fully saturated rings. The first-order chi connectivity index (χ1) is 9.67. The van der Waals surface area contributed by atoms with Gasteiger partial charge in [-0.25, -0.2) is 0 Å². The molecule has 20 heavy (non-hydrogen) atoms. The standard InChI is InChI=1S/C16H15IO3/c1-11-8-13(9-18)14(17)16(15(11)19-2)20-10-12-6-4-3-5-7-12/h3-9H,10H2,1-2H3. The number of carbonyl (C=O) groups excluding carboxylic acids is 1. The fourth-order valence-corrected chi connectivity index (χ4v) is 2.65. The van der Waals surface area contributed by atoms with E-state index in [2.05, 4.69) is 22.6 Å². The van der Waals surface area contributed by atoms with Gasteiger partial charge in [-0.3, -0.25) is 4.79 Å². The average molecular weight is 382 g/mol. The minimum absolute atomic E-state index is 0.439. The Morgan fingerprint density at radius 1 is 1.20 bits per heavy atom. The molecule has 0 aliphatic rings. The molecule has 2 rings (SSSR count). The fourth-order valence-electron chi connectivity index (χ4n) is 1.97. The van der Waals surface area contributed by atoms with E-state index in [1.807, 2.05) is 43.3 Å². The Balaban J connectivity index is 2.34. The van der Waals surface area contributed by atoms with E-state index in [0.717, 1.165) is 21.0 Å². The van der Waals surface area contributed by atoms with Gasteiger partial charge in [-0.2, -0.15) is 0 Å². The number of hydrogen-bond acceptors (Lipinski definition) is 3. The molecular formula is C16H15IO3. The van der Waals surface area contributed by atoms with Crippen LogP contribution in [0, 0.1) is 10.5 Å². The van der Waals surface area contributed by atoms with Crippen molar-refractivity contribution in [2.75, 3.05) is 7.11 Å². The fraction of sp³-hybridized carbons (Fsp3) is 0.188. The molecule has 2 aromatic carbocycles. The third kappa shape index (κ3) is 3.12. The van der Waals surface area contributed by atoms with Gasteiger partial charge in [0.1, 0.15) is 6.61 Å². The van der Waals surface area contributed by atoms with Gasteiger partial charge in [-0.1, -0.05) is 30.3 Å². The summed E-state index contributed by atoms with van der Waals surface area (Å²) in [5, 5.41) is 0. The third-order valence-electron chi connectivity index (χ3n) is 2.95. The predicted molar refractivity (Wildman–Crippen MR) is 86.6 cm³/mol. The molecule has 0 saturated carbocycles. The molecule has 0 unspecified atom stereocenters. The summed E-state index contributed by atoms with van der Waals surface area (Å²) in [6.07, 6.45) is 0.837. The molecule has 0 bridgehead atoms. The molecule has 0 atom stereocenters. The van der Waals surface area contributed by atoms with Crippen molar-refractivity contribution < 1.29 is 14.3 Å². The predicted octanol–water partition coefficient (Wildman–Crippen LogP) is 4.00. The molecule has 3 nitrogen and oxygen atoms in total. The number of methoxy groups -OCH3 is 1. The highest BCUT2D eigenvalue weighted by Gasteiger charge is 2.16. The molecular weight excluding hydrogens is 367 g/mol. The SMILES string of the molecule is COc1c(C)cc(C=O)c(I)c1OCc1ccccc1. The van der Waals surface area contributed by atoms with Gasteiger partial charge in [-0.05, 0) is 46.7 Å². The first-order valence-electron chi connectivity index (χ1n) is 6.16. The number of halogens is 1. The van der Waals surface area contributed by atoms with Gasteiger partial charge in [0.15, 0.2) is 17.8 Å². The number of carbonyl (C=O) groups is 1. The first-order valence-corrected chi connectivity index (χ1v) is 7.24. The van der Waals surface area contributed by atoms with Crippen molar-refractivity contribution in [2.45, 2.75) is 13.5 Å². The van der Waals surface area contributed by atoms with E-state index in [0.29, 0.717) is 23.7 Å². The lowest BCUT2D eigenvalue weighted by Gasteiger charge is -2.16. The molecule has 2 aromatic rings. The summed E-state index contributed by atoms with van der Waals surface area (Å²) in [7, 11) is 1.61. The highest BCUT2D eigenvalue weighted by molar-refractivity contribution is 14.1. The van der Waals surface area contributed by atoms with E-state index in [4.69, 9.17) is 9.47 Å². The Morgan fingerprint density at radius 3 is 2.50 bits per heavy atom. The molecule has 0 heterocycles. The van der Waals surface area contributed by atoms with Crippen LogP contribution >= 0.6 is 22.6 Å².